The average molecular weight is 469 g/mol. The topological polar surface area (TPSA) is 123 Å². The summed E-state index contributed by atoms with van der Waals surface area (Å²) in [4.78, 5) is 36.9. The molecule has 0 spiro atoms. The number of rotatable bonds is 9. The Morgan fingerprint density at radius 3 is 2.53 bits per heavy atom. The molecule has 3 rings (SSSR count). The minimum absolute atomic E-state index is 0.0563. The van der Waals surface area contributed by atoms with Crippen LogP contribution in [0.2, 0.25) is 0 Å². The summed E-state index contributed by atoms with van der Waals surface area (Å²) in [7, 11) is 0. The van der Waals surface area contributed by atoms with Gasteiger partial charge in [0.1, 0.15) is 0 Å². The number of aliphatic carboxylic acids is 1. The highest BCUT2D eigenvalue weighted by Gasteiger charge is 2.38. The molecule has 0 fully saturated rings. The molecule has 9 nitrogen and oxygen atoms in total. The molecule has 1 aliphatic carbocycles. The van der Waals surface area contributed by atoms with Crippen molar-refractivity contribution in [2.24, 2.45) is 0 Å². The van der Waals surface area contributed by atoms with Crippen LogP contribution in [-0.4, -0.2) is 57.0 Å². The van der Waals surface area contributed by atoms with Crippen molar-refractivity contribution in [1.82, 2.24) is 20.4 Å². The third-order valence-corrected chi connectivity index (χ3v) is 6.02. The van der Waals surface area contributed by atoms with E-state index in [4.69, 9.17) is 4.74 Å². The van der Waals surface area contributed by atoms with Crippen molar-refractivity contribution in [1.29, 1.82) is 0 Å². The van der Waals surface area contributed by atoms with Crippen LogP contribution in [0, 0.1) is 6.92 Å². The van der Waals surface area contributed by atoms with Crippen LogP contribution < -0.4 is 10.6 Å². The predicted octanol–water partition coefficient (Wildman–Crippen LogP) is 2.77. The Kier molecular flexibility index (Phi) is 8.22. The van der Waals surface area contributed by atoms with Gasteiger partial charge in [0, 0.05) is 25.1 Å². The lowest BCUT2D eigenvalue weighted by Crippen LogP contribution is -2.59. The Hall–Kier alpha value is -3.46. The first-order valence-electron chi connectivity index (χ1n) is 11.5. The molecule has 2 aromatic rings. The number of carbonyl (C=O) groups excluding carboxylic acids is 2. The molecule has 0 radical (unpaired) electrons. The Morgan fingerprint density at radius 1 is 1.21 bits per heavy atom. The van der Waals surface area contributed by atoms with Crippen LogP contribution in [0.3, 0.4) is 0 Å². The SMILES string of the molecule is CCC(CC)O[C@@H]1C=C(C(=O)O)C[C@H](NC(=O)c2cnn(-c3ccccc3C)c2)[C@H]1NC(C)=O. The van der Waals surface area contributed by atoms with Crippen molar-refractivity contribution in [3.63, 3.8) is 0 Å². The fourth-order valence-corrected chi connectivity index (χ4v) is 4.15. The number of nitrogens with one attached hydrogen (secondary N) is 2. The summed E-state index contributed by atoms with van der Waals surface area (Å²) < 4.78 is 7.78. The van der Waals surface area contributed by atoms with Gasteiger partial charge in [-0.05, 0) is 37.5 Å². The molecular weight excluding hydrogens is 436 g/mol. The van der Waals surface area contributed by atoms with Crippen LogP contribution in [0.1, 0.15) is 56.0 Å². The molecule has 0 saturated carbocycles. The molecule has 182 valence electrons. The first-order valence-corrected chi connectivity index (χ1v) is 11.5. The van der Waals surface area contributed by atoms with Crippen LogP contribution in [-0.2, 0) is 14.3 Å². The van der Waals surface area contributed by atoms with Gasteiger partial charge in [0.05, 0.1) is 41.7 Å². The number of carboxylic acid groups (broad SMARTS) is 1. The van der Waals surface area contributed by atoms with Crippen LogP contribution in [0.25, 0.3) is 5.69 Å². The average Bonchev–Trinajstić information content (AvgIpc) is 3.29. The summed E-state index contributed by atoms with van der Waals surface area (Å²) >= 11 is 0. The highest BCUT2D eigenvalue weighted by Crippen LogP contribution is 2.25. The van der Waals surface area contributed by atoms with Crippen molar-refractivity contribution in [3.05, 3.63) is 59.4 Å². The normalized spacial score (nSPS) is 20.0. The zero-order chi connectivity index (χ0) is 24.8. The van der Waals surface area contributed by atoms with Crippen LogP contribution in [0.15, 0.2) is 48.3 Å². The maximum atomic E-state index is 13.1. The summed E-state index contributed by atoms with van der Waals surface area (Å²) in [6.07, 6.45) is 5.38. The number of ether oxygens (including phenoxy) is 1. The van der Waals surface area contributed by atoms with E-state index < -0.39 is 30.1 Å². The second-order valence-corrected chi connectivity index (χ2v) is 8.51. The molecule has 0 aliphatic heterocycles. The van der Waals surface area contributed by atoms with E-state index in [0.717, 1.165) is 24.1 Å². The zero-order valence-electron chi connectivity index (χ0n) is 19.9. The van der Waals surface area contributed by atoms with E-state index >= 15 is 0 Å². The third kappa shape index (κ3) is 5.91. The Labute approximate surface area is 199 Å². The molecule has 1 aromatic carbocycles. The van der Waals surface area contributed by atoms with Gasteiger partial charge in [-0.15, -0.1) is 0 Å². The number of carbonyl (C=O) groups is 3. The second kappa shape index (κ2) is 11.1. The number of hydrogen-bond acceptors (Lipinski definition) is 5. The maximum Gasteiger partial charge on any atom is 0.331 e. The second-order valence-electron chi connectivity index (χ2n) is 8.51. The van der Waals surface area contributed by atoms with E-state index in [1.165, 1.54) is 13.1 Å². The Balaban J connectivity index is 1.86. The van der Waals surface area contributed by atoms with E-state index in [-0.39, 0.29) is 24.0 Å². The van der Waals surface area contributed by atoms with E-state index in [0.29, 0.717) is 5.56 Å². The van der Waals surface area contributed by atoms with E-state index in [2.05, 4.69) is 15.7 Å². The monoisotopic (exact) mass is 468 g/mol. The summed E-state index contributed by atoms with van der Waals surface area (Å²) in [5, 5.41) is 19.7. The van der Waals surface area contributed by atoms with Gasteiger partial charge < -0.3 is 20.5 Å². The van der Waals surface area contributed by atoms with Gasteiger partial charge in [0.2, 0.25) is 5.91 Å². The van der Waals surface area contributed by atoms with Crippen molar-refractivity contribution in [3.8, 4) is 5.69 Å². The van der Waals surface area contributed by atoms with Crippen molar-refractivity contribution >= 4 is 17.8 Å². The number of benzene rings is 1. The highest BCUT2D eigenvalue weighted by atomic mass is 16.5. The molecule has 0 saturated heterocycles. The first-order chi connectivity index (χ1) is 16.2. The van der Waals surface area contributed by atoms with E-state index in [1.54, 1.807) is 17.0 Å². The Bertz CT molecular complexity index is 1070. The molecule has 0 bridgehead atoms. The molecule has 0 unspecified atom stereocenters. The lowest BCUT2D eigenvalue weighted by atomic mass is 9.87. The molecule has 34 heavy (non-hydrogen) atoms. The van der Waals surface area contributed by atoms with Crippen molar-refractivity contribution < 1.29 is 24.2 Å². The van der Waals surface area contributed by atoms with Gasteiger partial charge in [0.15, 0.2) is 0 Å². The van der Waals surface area contributed by atoms with Crippen molar-refractivity contribution in [2.45, 2.75) is 71.2 Å². The predicted molar refractivity (Wildman–Crippen MR) is 127 cm³/mol. The minimum Gasteiger partial charge on any atom is -0.478 e. The lowest BCUT2D eigenvalue weighted by Gasteiger charge is -2.38. The van der Waals surface area contributed by atoms with Crippen LogP contribution >= 0.6 is 0 Å². The van der Waals surface area contributed by atoms with E-state index in [9.17, 15) is 19.5 Å². The maximum absolute atomic E-state index is 13.1. The minimum atomic E-state index is -1.08. The Morgan fingerprint density at radius 2 is 1.91 bits per heavy atom. The van der Waals surface area contributed by atoms with Gasteiger partial charge in [-0.1, -0.05) is 32.0 Å². The lowest BCUT2D eigenvalue weighted by molar-refractivity contribution is -0.133. The van der Waals surface area contributed by atoms with Crippen LogP contribution in [0.5, 0.6) is 0 Å². The standard InChI is InChI=1S/C25H32N4O5/c1-5-19(6-2)34-22-12-17(25(32)33)11-20(23(22)27-16(4)30)28-24(31)18-13-26-29(14-18)21-10-8-7-9-15(21)3/h7-10,12-14,19-20,22-23H,5-6,11H2,1-4H3,(H,27,30)(H,28,31)(H,32,33)/t20-,22+,23+/m0/s1. The van der Waals surface area contributed by atoms with Gasteiger partial charge in [-0.2, -0.15) is 5.10 Å². The quantitative estimate of drug-likeness (QED) is 0.520. The number of amides is 2. The van der Waals surface area contributed by atoms with Crippen molar-refractivity contribution in [2.75, 3.05) is 0 Å². The molecule has 9 heteroatoms. The number of nitrogens with zero attached hydrogens (tertiary/aromatic N) is 2. The molecule has 2 amide bonds. The van der Waals surface area contributed by atoms with Crippen LogP contribution in [0.4, 0.5) is 0 Å². The van der Waals surface area contributed by atoms with E-state index in [1.807, 2.05) is 45.0 Å². The molecule has 3 N–H and O–H groups in total. The number of carboxylic acids is 1. The molecular formula is C25H32N4O5. The fraction of sp³-hybridized carbons (Fsp3) is 0.440. The number of aryl methyl sites for hydroxylation is 1. The summed E-state index contributed by atoms with van der Waals surface area (Å²) in [5.74, 6) is -1.78. The van der Waals surface area contributed by atoms with Gasteiger partial charge in [-0.3, -0.25) is 9.59 Å². The van der Waals surface area contributed by atoms with Gasteiger partial charge >= 0.3 is 5.97 Å². The summed E-state index contributed by atoms with van der Waals surface area (Å²) in [6, 6.07) is 6.39. The highest BCUT2D eigenvalue weighted by molar-refractivity contribution is 5.94. The molecule has 1 aliphatic rings. The van der Waals surface area contributed by atoms with Gasteiger partial charge in [-0.25, -0.2) is 9.48 Å². The largest absolute Gasteiger partial charge is 0.478 e. The first kappa shape index (κ1) is 25.2. The van der Waals surface area contributed by atoms with Gasteiger partial charge in [0.25, 0.3) is 5.91 Å². The summed E-state index contributed by atoms with van der Waals surface area (Å²) in [6.45, 7) is 7.31. The zero-order valence-corrected chi connectivity index (χ0v) is 19.9. The third-order valence-electron chi connectivity index (χ3n) is 6.02. The number of hydrogen-bond donors (Lipinski definition) is 3. The molecule has 1 aromatic heterocycles. The number of para-hydroxylation sites is 1. The molecule has 3 atom stereocenters. The number of aromatic nitrogens is 2. The fourth-order valence-electron chi connectivity index (χ4n) is 4.15. The smallest absolute Gasteiger partial charge is 0.331 e. The summed E-state index contributed by atoms with van der Waals surface area (Å²) in [5.41, 5.74) is 2.32. The molecule has 1 heterocycles.